The number of halogens is 3. The molecule has 0 spiro atoms. The number of anilines is 1. The molecule has 8 nitrogen and oxygen atoms in total. The van der Waals surface area contributed by atoms with Crippen LogP contribution in [0.5, 0.6) is 5.75 Å². The Kier molecular flexibility index (Phi) is 7.08. The summed E-state index contributed by atoms with van der Waals surface area (Å²) in [5, 5.41) is 3.48. The van der Waals surface area contributed by atoms with Gasteiger partial charge in [0, 0.05) is 41.3 Å². The zero-order chi connectivity index (χ0) is 31.4. The highest BCUT2D eigenvalue weighted by Gasteiger charge is 2.28. The van der Waals surface area contributed by atoms with Crippen molar-refractivity contribution in [1.29, 1.82) is 0 Å². The summed E-state index contributed by atoms with van der Waals surface area (Å²) in [6, 6.07) is 18.8. The van der Waals surface area contributed by atoms with Crippen molar-refractivity contribution in [2.75, 3.05) is 30.8 Å². The smallest absolute Gasteiger partial charge is 0.255 e. The fourth-order valence-corrected chi connectivity index (χ4v) is 6.53. The van der Waals surface area contributed by atoms with Crippen LogP contribution in [0.1, 0.15) is 10.4 Å². The zero-order valence-corrected chi connectivity index (χ0v) is 24.9. The topological polar surface area (TPSA) is 89.6 Å². The molecular formula is C33H25F3N4O4S. The minimum absolute atomic E-state index is 0.170. The molecule has 0 radical (unpaired) electrons. The number of nitrogens with one attached hydrogen (secondary N) is 1. The number of furan rings is 1. The molecule has 0 bridgehead atoms. The summed E-state index contributed by atoms with van der Waals surface area (Å²) < 4.78 is 70.5. The van der Waals surface area contributed by atoms with Gasteiger partial charge < -0.3 is 19.0 Å². The van der Waals surface area contributed by atoms with E-state index in [9.17, 15) is 22.2 Å². The van der Waals surface area contributed by atoms with Crippen LogP contribution in [-0.2, 0) is 17.7 Å². The average molecular weight is 631 g/mol. The summed E-state index contributed by atoms with van der Waals surface area (Å²) in [6.45, 7) is -0.795. The van der Waals surface area contributed by atoms with Crippen LogP contribution in [0, 0.1) is 11.6 Å². The maximum atomic E-state index is 14.7. The molecule has 0 saturated carbocycles. The molecule has 12 heteroatoms. The number of pyridine rings is 1. The summed E-state index contributed by atoms with van der Waals surface area (Å²) in [7, 11) is -0.161. The Morgan fingerprint density at radius 1 is 1.07 bits per heavy atom. The molecule has 1 aliphatic rings. The third kappa shape index (κ3) is 4.72. The highest BCUT2D eigenvalue weighted by Crippen LogP contribution is 2.43. The Bertz CT molecular complexity index is 2160. The lowest BCUT2D eigenvalue weighted by Gasteiger charge is -2.24. The molecular weight excluding hydrogens is 605 g/mol. The maximum absolute atomic E-state index is 14.7. The lowest BCUT2D eigenvalue weighted by molar-refractivity contribution is 0.0964. The Balaban J connectivity index is 1.49. The van der Waals surface area contributed by atoms with E-state index in [4.69, 9.17) is 14.1 Å². The van der Waals surface area contributed by atoms with E-state index in [0.29, 0.717) is 55.9 Å². The van der Waals surface area contributed by atoms with E-state index < -0.39 is 29.4 Å². The first-order valence-electron chi connectivity index (χ1n) is 14.0. The molecule has 1 N–H and O–H groups in total. The number of rotatable bonds is 7. The summed E-state index contributed by atoms with van der Waals surface area (Å²) in [6.07, 6.45) is 1.44. The summed E-state index contributed by atoms with van der Waals surface area (Å²) in [5.41, 5.74) is 3.94. The van der Waals surface area contributed by atoms with Crippen molar-refractivity contribution < 1.29 is 31.3 Å². The van der Waals surface area contributed by atoms with E-state index in [-0.39, 0.29) is 36.0 Å². The second-order valence-electron chi connectivity index (χ2n) is 10.4. The highest BCUT2D eigenvalue weighted by molar-refractivity contribution is 7.85. The van der Waals surface area contributed by atoms with Crippen molar-refractivity contribution in [2.45, 2.75) is 6.73 Å². The summed E-state index contributed by atoms with van der Waals surface area (Å²) in [5.74, 6) is -0.557. The fraction of sp³-hybridized carbons (Fsp3) is 0.152. The molecule has 1 aliphatic heterocycles. The van der Waals surface area contributed by atoms with E-state index in [1.54, 1.807) is 42.5 Å². The van der Waals surface area contributed by atoms with Gasteiger partial charge in [0.15, 0.2) is 6.73 Å². The van der Waals surface area contributed by atoms with Gasteiger partial charge >= 0.3 is 0 Å². The number of hydrogen-bond acceptors (Lipinski definition) is 5. The number of hydrogen-bond donors (Lipinski definition) is 1. The van der Waals surface area contributed by atoms with Gasteiger partial charge in [-0.1, -0.05) is 6.07 Å². The number of carbonyl (C=O) groups is 1. The number of ether oxygens (including phenoxy) is 1. The second kappa shape index (κ2) is 11.1. The van der Waals surface area contributed by atoms with Gasteiger partial charge in [-0.2, -0.15) is 0 Å². The molecule has 3 aromatic heterocycles. The van der Waals surface area contributed by atoms with Gasteiger partial charge in [0.25, 0.3) is 5.91 Å². The van der Waals surface area contributed by atoms with Crippen LogP contribution < -0.4 is 14.4 Å². The predicted octanol–water partition coefficient (Wildman–Crippen LogP) is 6.84. The quantitative estimate of drug-likeness (QED) is 0.209. The molecule has 0 fully saturated rings. The zero-order valence-electron chi connectivity index (χ0n) is 24.1. The summed E-state index contributed by atoms with van der Waals surface area (Å²) >= 11 is 0. The van der Waals surface area contributed by atoms with Gasteiger partial charge in [-0.25, -0.2) is 22.4 Å². The molecule has 1 atom stereocenters. The third-order valence-electron chi connectivity index (χ3n) is 7.85. The first kappa shape index (κ1) is 28.7. The molecule has 3 aromatic carbocycles. The Morgan fingerprint density at radius 2 is 1.87 bits per heavy atom. The number of nitrogens with zero attached hydrogens (tertiary/aromatic N) is 3. The van der Waals surface area contributed by atoms with Crippen LogP contribution in [0.25, 0.3) is 55.8 Å². The van der Waals surface area contributed by atoms with Crippen LogP contribution >= 0.6 is 0 Å². The minimum Gasteiger partial charge on any atom is -0.470 e. The summed E-state index contributed by atoms with van der Waals surface area (Å²) in [4.78, 5) is 18.2. The number of carbonyl (C=O) groups excluding carboxylic acids is 1. The largest absolute Gasteiger partial charge is 0.470 e. The number of amides is 1. The lowest BCUT2D eigenvalue weighted by Crippen LogP contribution is -2.27. The van der Waals surface area contributed by atoms with Crippen LogP contribution in [0.2, 0.25) is 0 Å². The Labute approximate surface area is 257 Å². The Morgan fingerprint density at radius 3 is 2.60 bits per heavy atom. The number of benzene rings is 3. The fourth-order valence-electron chi connectivity index (χ4n) is 5.78. The SMILES string of the molecule is CNC(=O)c1c(-c2ccc(F)cc2)oc2cc(N(CCF)S(C)=O)c(-c3ccc4c(n3)-c3cc5c(F)cccc5n3CO4)cc12. The van der Waals surface area contributed by atoms with Crippen LogP contribution in [0.3, 0.4) is 0 Å². The molecule has 7 rings (SSSR count). The average Bonchev–Trinajstić information content (AvgIpc) is 3.62. The first-order chi connectivity index (χ1) is 21.8. The molecule has 228 valence electrons. The highest BCUT2D eigenvalue weighted by atomic mass is 32.2. The standard InChI is InChI=1S/C33H25F3N4O4S/c1-37-33(41)30-22-14-21(24-10-11-28-31(38-24)27-15-20-23(36)4-3-5-25(20)39(27)17-43-28)26(40(13-12-34)45(2)42)16-29(22)44-32(30)18-6-8-19(35)9-7-18/h3-11,14-16H,12-13,17H2,1-2H3,(H,37,41). The molecule has 1 amide bonds. The predicted molar refractivity (Wildman–Crippen MR) is 167 cm³/mol. The molecule has 6 aromatic rings. The van der Waals surface area contributed by atoms with Crippen molar-refractivity contribution in [3.63, 3.8) is 0 Å². The second-order valence-corrected chi connectivity index (χ2v) is 11.7. The van der Waals surface area contributed by atoms with Crippen molar-refractivity contribution in [3.8, 4) is 39.7 Å². The van der Waals surface area contributed by atoms with Gasteiger partial charge in [-0.05, 0) is 60.7 Å². The van der Waals surface area contributed by atoms with Gasteiger partial charge in [0.05, 0.1) is 34.7 Å². The normalized spacial score (nSPS) is 12.9. The number of aromatic nitrogens is 2. The van der Waals surface area contributed by atoms with Gasteiger partial charge in [-0.3, -0.25) is 9.10 Å². The van der Waals surface area contributed by atoms with Crippen molar-refractivity contribution in [3.05, 3.63) is 90.0 Å². The maximum Gasteiger partial charge on any atom is 0.255 e. The first-order valence-corrected chi connectivity index (χ1v) is 15.5. The van der Waals surface area contributed by atoms with Crippen molar-refractivity contribution in [1.82, 2.24) is 14.9 Å². The van der Waals surface area contributed by atoms with Crippen LogP contribution in [0.15, 0.2) is 77.2 Å². The Hall–Kier alpha value is -5.10. The van der Waals surface area contributed by atoms with E-state index in [2.05, 4.69) is 5.32 Å². The van der Waals surface area contributed by atoms with Crippen molar-refractivity contribution in [2.24, 2.45) is 0 Å². The van der Waals surface area contributed by atoms with Gasteiger partial charge in [-0.15, -0.1) is 0 Å². The molecule has 4 heterocycles. The van der Waals surface area contributed by atoms with E-state index in [1.807, 2.05) is 4.57 Å². The van der Waals surface area contributed by atoms with E-state index >= 15 is 0 Å². The van der Waals surface area contributed by atoms with Gasteiger partial charge in [0.2, 0.25) is 0 Å². The number of alkyl halides is 1. The molecule has 0 aliphatic carbocycles. The third-order valence-corrected chi connectivity index (χ3v) is 8.85. The van der Waals surface area contributed by atoms with Crippen LogP contribution in [-0.4, -0.2) is 46.2 Å². The molecule has 1 unspecified atom stereocenters. The van der Waals surface area contributed by atoms with Crippen LogP contribution in [0.4, 0.5) is 18.9 Å². The van der Waals surface area contributed by atoms with E-state index in [0.717, 1.165) is 0 Å². The van der Waals surface area contributed by atoms with E-state index in [1.165, 1.54) is 47.9 Å². The van der Waals surface area contributed by atoms with Gasteiger partial charge in [0.1, 0.15) is 52.1 Å². The minimum atomic E-state index is -1.65. The lowest BCUT2D eigenvalue weighted by atomic mass is 10.00. The molecule has 45 heavy (non-hydrogen) atoms. The van der Waals surface area contributed by atoms with Crippen molar-refractivity contribution >= 4 is 44.5 Å². The number of fused-ring (bicyclic) bond motifs is 6. The monoisotopic (exact) mass is 630 g/mol. The molecule has 0 saturated heterocycles.